The Morgan fingerprint density at radius 3 is 2.17 bits per heavy atom. The predicted molar refractivity (Wildman–Crippen MR) is 106 cm³/mol. The van der Waals surface area contributed by atoms with Crippen molar-refractivity contribution in [1.29, 1.82) is 0 Å². The lowest BCUT2D eigenvalue weighted by Crippen LogP contribution is -2.38. The number of hydrogen-bond acceptors (Lipinski definition) is 7. The fourth-order valence-electron chi connectivity index (χ4n) is 2.47. The van der Waals surface area contributed by atoms with Crippen LogP contribution < -0.4 is 21.5 Å². The maximum Gasteiger partial charge on any atom is 0.267 e. The topological polar surface area (TPSA) is 153 Å². The first-order chi connectivity index (χ1) is 14.4. The van der Waals surface area contributed by atoms with Gasteiger partial charge in [0.1, 0.15) is 34.9 Å². The highest BCUT2D eigenvalue weighted by Gasteiger charge is 2.17. The first-order valence-electron chi connectivity index (χ1n) is 8.75. The number of benzene rings is 2. The summed E-state index contributed by atoms with van der Waals surface area (Å²) in [5.41, 5.74) is 11.0. The summed E-state index contributed by atoms with van der Waals surface area (Å²) in [6, 6.07) is 12.3. The van der Waals surface area contributed by atoms with Crippen LogP contribution in [0, 0.1) is 5.82 Å². The number of rotatable bonds is 8. The normalized spacial score (nSPS) is 11.5. The van der Waals surface area contributed by atoms with Crippen LogP contribution in [0.2, 0.25) is 0 Å². The number of nitrogens with two attached hydrogens (primary N) is 2. The van der Waals surface area contributed by atoms with Gasteiger partial charge >= 0.3 is 0 Å². The second-order valence-electron chi connectivity index (χ2n) is 6.19. The molecule has 0 saturated heterocycles. The van der Waals surface area contributed by atoms with Crippen molar-refractivity contribution < 1.29 is 23.8 Å². The molecule has 0 unspecified atom stereocenters. The van der Waals surface area contributed by atoms with E-state index in [2.05, 4.69) is 15.3 Å². The van der Waals surface area contributed by atoms with Crippen LogP contribution in [0.5, 0.6) is 11.5 Å². The Morgan fingerprint density at radius 2 is 1.63 bits per heavy atom. The lowest BCUT2D eigenvalue weighted by molar-refractivity contribution is -0.119. The molecular formula is C20H18FN5O4. The predicted octanol–water partition coefficient (Wildman–Crippen LogP) is 1.43. The second-order valence-corrected chi connectivity index (χ2v) is 6.19. The standard InChI is InChI=1S/C20H18FN5O4/c21-12-3-7-14(8-4-12)30-13-5-1-11(2-6-13)20-25-15(18(22)28)9-17(26-20)24-16(10-27)19(23)29/h1-9,16,27H,10H2,(H2,22,28)(H2,23,29)(H,24,25,26)/t16-/m0/s1. The average Bonchev–Trinajstić information content (AvgIpc) is 2.73. The molecule has 2 amide bonds. The Bertz CT molecular complexity index is 1060. The molecule has 154 valence electrons. The molecule has 1 aromatic heterocycles. The minimum absolute atomic E-state index is 0.0877. The number of carbonyl (C=O) groups is 2. The smallest absolute Gasteiger partial charge is 0.267 e. The quantitative estimate of drug-likeness (QED) is 0.437. The zero-order valence-electron chi connectivity index (χ0n) is 15.6. The van der Waals surface area contributed by atoms with E-state index < -0.39 is 24.5 Å². The van der Waals surface area contributed by atoms with Crippen LogP contribution >= 0.6 is 0 Å². The van der Waals surface area contributed by atoms with Crippen molar-refractivity contribution in [2.24, 2.45) is 11.5 Å². The fraction of sp³-hybridized carbons (Fsp3) is 0.100. The van der Waals surface area contributed by atoms with Crippen LogP contribution in [0.4, 0.5) is 10.2 Å². The van der Waals surface area contributed by atoms with Gasteiger partial charge in [-0.05, 0) is 48.5 Å². The lowest BCUT2D eigenvalue weighted by Gasteiger charge is -2.14. The minimum atomic E-state index is -1.10. The van der Waals surface area contributed by atoms with Crippen molar-refractivity contribution in [3.8, 4) is 22.9 Å². The van der Waals surface area contributed by atoms with Crippen LogP contribution in [-0.4, -0.2) is 39.5 Å². The molecule has 0 aliphatic heterocycles. The number of aliphatic hydroxyl groups excluding tert-OH is 1. The summed E-state index contributed by atoms with van der Waals surface area (Å²) < 4.78 is 18.6. The molecule has 9 nitrogen and oxygen atoms in total. The SMILES string of the molecule is NC(=O)c1cc(N[C@@H](CO)C(N)=O)nc(-c2ccc(Oc3ccc(F)cc3)cc2)n1. The summed E-state index contributed by atoms with van der Waals surface area (Å²) in [4.78, 5) is 31.3. The van der Waals surface area contributed by atoms with Gasteiger partial charge in [0.25, 0.3) is 5.91 Å². The third kappa shape index (κ3) is 5.06. The number of halogens is 1. The molecule has 0 radical (unpaired) electrons. The van der Waals surface area contributed by atoms with Gasteiger partial charge in [-0.1, -0.05) is 0 Å². The average molecular weight is 411 g/mol. The summed E-state index contributed by atoms with van der Waals surface area (Å²) in [6.07, 6.45) is 0. The van der Waals surface area contributed by atoms with Gasteiger partial charge in [-0.2, -0.15) is 0 Å². The maximum atomic E-state index is 13.0. The van der Waals surface area contributed by atoms with Crippen molar-refractivity contribution in [2.45, 2.75) is 6.04 Å². The molecule has 0 fully saturated rings. The van der Waals surface area contributed by atoms with Crippen LogP contribution in [0.15, 0.2) is 54.6 Å². The molecule has 0 bridgehead atoms. The largest absolute Gasteiger partial charge is 0.457 e. The summed E-state index contributed by atoms with van der Waals surface area (Å²) >= 11 is 0. The summed E-state index contributed by atoms with van der Waals surface area (Å²) in [6.45, 7) is -0.560. The number of anilines is 1. The van der Waals surface area contributed by atoms with E-state index in [-0.39, 0.29) is 23.2 Å². The third-order valence-corrected chi connectivity index (χ3v) is 3.99. The monoisotopic (exact) mass is 411 g/mol. The third-order valence-electron chi connectivity index (χ3n) is 3.99. The number of aromatic nitrogens is 2. The zero-order valence-corrected chi connectivity index (χ0v) is 15.6. The van der Waals surface area contributed by atoms with E-state index in [1.807, 2.05) is 0 Å². The van der Waals surface area contributed by atoms with E-state index in [1.165, 1.54) is 30.3 Å². The maximum absolute atomic E-state index is 13.0. The second kappa shape index (κ2) is 8.97. The highest BCUT2D eigenvalue weighted by atomic mass is 19.1. The fourth-order valence-corrected chi connectivity index (χ4v) is 2.47. The molecule has 6 N–H and O–H groups in total. The Morgan fingerprint density at radius 1 is 1.03 bits per heavy atom. The number of nitrogens with one attached hydrogen (secondary N) is 1. The van der Waals surface area contributed by atoms with Gasteiger partial charge in [0.15, 0.2) is 5.82 Å². The number of aliphatic hydroxyl groups is 1. The molecular weight excluding hydrogens is 393 g/mol. The molecule has 30 heavy (non-hydrogen) atoms. The van der Waals surface area contributed by atoms with E-state index in [0.717, 1.165) is 0 Å². The number of hydrogen-bond donors (Lipinski definition) is 4. The van der Waals surface area contributed by atoms with Gasteiger partial charge in [0.05, 0.1) is 6.61 Å². The Labute approximate surface area is 170 Å². The summed E-state index contributed by atoms with van der Waals surface area (Å²) in [7, 11) is 0. The molecule has 0 saturated carbocycles. The van der Waals surface area contributed by atoms with E-state index >= 15 is 0 Å². The number of primary amides is 2. The number of nitrogens with zero attached hydrogens (tertiary/aromatic N) is 2. The highest BCUT2D eigenvalue weighted by molar-refractivity contribution is 5.92. The summed E-state index contributed by atoms with van der Waals surface area (Å²) in [5.74, 6) is -0.749. The van der Waals surface area contributed by atoms with E-state index in [4.69, 9.17) is 16.2 Å². The molecule has 10 heteroatoms. The van der Waals surface area contributed by atoms with E-state index in [0.29, 0.717) is 17.1 Å². The minimum Gasteiger partial charge on any atom is -0.457 e. The molecule has 0 aliphatic rings. The van der Waals surface area contributed by atoms with E-state index in [9.17, 15) is 19.1 Å². The summed E-state index contributed by atoms with van der Waals surface area (Å²) in [5, 5.41) is 11.9. The van der Waals surface area contributed by atoms with Gasteiger partial charge < -0.3 is 26.6 Å². The Hall–Kier alpha value is -4.05. The Kier molecular flexibility index (Phi) is 6.18. The molecule has 3 rings (SSSR count). The zero-order chi connectivity index (χ0) is 21.7. The van der Waals surface area contributed by atoms with Crippen LogP contribution in [0.3, 0.4) is 0 Å². The first-order valence-corrected chi connectivity index (χ1v) is 8.75. The van der Waals surface area contributed by atoms with Crippen molar-refractivity contribution in [2.75, 3.05) is 11.9 Å². The van der Waals surface area contributed by atoms with Gasteiger partial charge in [0.2, 0.25) is 5.91 Å². The molecule has 1 atom stereocenters. The lowest BCUT2D eigenvalue weighted by atomic mass is 10.2. The van der Waals surface area contributed by atoms with Crippen molar-refractivity contribution >= 4 is 17.6 Å². The molecule has 0 spiro atoms. The first kappa shape index (κ1) is 20.7. The number of amides is 2. The van der Waals surface area contributed by atoms with Gasteiger partial charge in [-0.3, -0.25) is 9.59 Å². The van der Waals surface area contributed by atoms with Crippen molar-refractivity contribution in [3.05, 3.63) is 66.1 Å². The molecule has 3 aromatic rings. The molecule has 0 aliphatic carbocycles. The Balaban J connectivity index is 1.87. The molecule has 2 aromatic carbocycles. The van der Waals surface area contributed by atoms with E-state index in [1.54, 1.807) is 24.3 Å². The van der Waals surface area contributed by atoms with Gasteiger partial charge in [0, 0.05) is 11.6 Å². The highest BCUT2D eigenvalue weighted by Crippen LogP contribution is 2.25. The van der Waals surface area contributed by atoms with Crippen LogP contribution in [0.25, 0.3) is 11.4 Å². The van der Waals surface area contributed by atoms with Crippen molar-refractivity contribution in [1.82, 2.24) is 9.97 Å². The van der Waals surface area contributed by atoms with Crippen LogP contribution in [0.1, 0.15) is 10.5 Å². The number of ether oxygens (including phenoxy) is 1. The van der Waals surface area contributed by atoms with Crippen molar-refractivity contribution in [3.63, 3.8) is 0 Å². The number of carbonyl (C=O) groups excluding carboxylic acids is 2. The van der Waals surface area contributed by atoms with Crippen LogP contribution in [-0.2, 0) is 4.79 Å². The van der Waals surface area contributed by atoms with Gasteiger partial charge in [-0.25, -0.2) is 14.4 Å². The molecule has 1 heterocycles. The van der Waals surface area contributed by atoms with Gasteiger partial charge in [-0.15, -0.1) is 0 Å².